The van der Waals surface area contributed by atoms with Crippen LogP contribution in [0.3, 0.4) is 0 Å². The third-order valence-corrected chi connectivity index (χ3v) is 3.93. The minimum Gasteiger partial charge on any atom is -0.326 e. The van der Waals surface area contributed by atoms with Gasteiger partial charge in [-0.2, -0.15) is 0 Å². The average molecular weight is 279 g/mol. The third kappa shape index (κ3) is 2.55. The van der Waals surface area contributed by atoms with Gasteiger partial charge < -0.3 is 5.73 Å². The van der Waals surface area contributed by atoms with Gasteiger partial charge in [0.2, 0.25) is 0 Å². The number of hydrogen-bond donors (Lipinski definition) is 1. The van der Waals surface area contributed by atoms with E-state index < -0.39 is 0 Å². The first-order chi connectivity index (χ1) is 10.2. The molecule has 0 radical (unpaired) electrons. The van der Waals surface area contributed by atoms with Crippen molar-refractivity contribution >= 4 is 10.8 Å². The molecule has 3 aromatic carbocycles. The van der Waals surface area contributed by atoms with Crippen LogP contribution in [-0.4, -0.2) is 0 Å². The summed E-state index contributed by atoms with van der Waals surface area (Å²) in [6, 6.07) is 17.5. The molecule has 106 valence electrons. The monoisotopic (exact) mass is 279 g/mol. The Bertz CT molecular complexity index is 775. The molecule has 0 aliphatic carbocycles. The fourth-order valence-electron chi connectivity index (χ4n) is 2.60. The second-order valence-corrected chi connectivity index (χ2v) is 5.24. The van der Waals surface area contributed by atoms with Crippen molar-refractivity contribution in [2.75, 3.05) is 0 Å². The number of aryl methyl sites for hydroxylation is 1. The van der Waals surface area contributed by atoms with E-state index in [0.29, 0.717) is 17.5 Å². The van der Waals surface area contributed by atoms with Crippen LogP contribution in [0.25, 0.3) is 21.9 Å². The van der Waals surface area contributed by atoms with E-state index >= 15 is 0 Å². The van der Waals surface area contributed by atoms with Gasteiger partial charge in [0, 0.05) is 17.5 Å². The topological polar surface area (TPSA) is 26.0 Å². The lowest BCUT2D eigenvalue weighted by atomic mass is 9.98. The van der Waals surface area contributed by atoms with E-state index in [0.717, 1.165) is 22.9 Å². The fourth-order valence-corrected chi connectivity index (χ4v) is 2.60. The van der Waals surface area contributed by atoms with E-state index in [1.54, 1.807) is 0 Å². The van der Waals surface area contributed by atoms with E-state index in [2.05, 4.69) is 13.0 Å². The van der Waals surface area contributed by atoms with Gasteiger partial charge >= 0.3 is 0 Å². The zero-order valence-electron chi connectivity index (χ0n) is 12.1. The molecule has 0 heterocycles. The number of hydrogen-bond acceptors (Lipinski definition) is 1. The van der Waals surface area contributed by atoms with Crippen LogP contribution in [0.4, 0.5) is 4.39 Å². The van der Waals surface area contributed by atoms with Crippen LogP contribution >= 0.6 is 0 Å². The molecule has 0 amide bonds. The number of halogens is 1. The van der Waals surface area contributed by atoms with Gasteiger partial charge in [0.15, 0.2) is 0 Å². The van der Waals surface area contributed by atoms with Crippen molar-refractivity contribution in [3.63, 3.8) is 0 Å². The molecule has 0 aromatic heterocycles. The minimum atomic E-state index is -0.157. The maximum Gasteiger partial charge on any atom is 0.138 e. The Morgan fingerprint density at radius 1 is 0.905 bits per heavy atom. The summed E-state index contributed by atoms with van der Waals surface area (Å²) >= 11 is 0. The van der Waals surface area contributed by atoms with Gasteiger partial charge in [-0.1, -0.05) is 61.5 Å². The van der Waals surface area contributed by atoms with E-state index in [1.165, 1.54) is 5.56 Å². The van der Waals surface area contributed by atoms with Gasteiger partial charge in [0.25, 0.3) is 0 Å². The molecule has 3 aromatic rings. The summed E-state index contributed by atoms with van der Waals surface area (Å²) in [5.74, 6) is -0.157. The highest BCUT2D eigenvalue weighted by atomic mass is 19.1. The number of nitrogens with two attached hydrogens (primary N) is 1. The summed E-state index contributed by atoms with van der Waals surface area (Å²) in [5.41, 5.74) is 9.38. The van der Waals surface area contributed by atoms with Crippen LogP contribution in [0.15, 0.2) is 54.6 Å². The Balaban J connectivity index is 2.12. The fraction of sp³-hybridized carbons (Fsp3) is 0.158. The lowest BCUT2D eigenvalue weighted by Gasteiger charge is -2.09. The van der Waals surface area contributed by atoms with Crippen molar-refractivity contribution in [3.05, 3.63) is 71.5 Å². The molecule has 0 aliphatic rings. The van der Waals surface area contributed by atoms with Crippen LogP contribution in [0.1, 0.15) is 18.1 Å². The van der Waals surface area contributed by atoms with Gasteiger partial charge in [0.1, 0.15) is 5.82 Å². The van der Waals surface area contributed by atoms with E-state index in [1.807, 2.05) is 48.5 Å². The molecule has 0 aliphatic heterocycles. The van der Waals surface area contributed by atoms with Crippen molar-refractivity contribution < 1.29 is 4.39 Å². The quantitative estimate of drug-likeness (QED) is 0.741. The zero-order chi connectivity index (χ0) is 14.8. The Labute approximate surface area is 124 Å². The van der Waals surface area contributed by atoms with Crippen molar-refractivity contribution in [2.45, 2.75) is 19.9 Å². The molecule has 0 fully saturated rings. The summed E-state index contributed by atoms with van der Waals surface area (Å²) in [5, 5.41) is 1.63. The normalized spacial score (nSPS) is 11.0. The molecule has 0 saturated carbocycles. The molecule has 2 N–H and O–H groups in total. The molecule has 21 heavy (non-hydrogen) atoms. The largest absolute Gasteiger partial charge is 0.326 e. The van der Waals surface area contributed by atoms with Gasteiger partial charge in [-0.3, -0.25) is 0 Å². The predicted octanol–water partition coefficient (Wildman–Crippen LogP) is 4.67. The summed E-state index contributed by atoms with van der Waals surface area (Å²) < 4.78 is 14.7. The molecular weight excluding hydrogens is 261 g/mol. The van der Waals surface area contributed by atoms with Gasteiger partial charge in [-0.05, 0) is 28.5 Å². The highest BCUT2D eigenvalue weighted by Crippen LogP contribution is 2.29. The van der Waals surface area contributed by atoms with Crippen molar-refractivity contribution in [2.24, 2.45) is 5.73 Å². The van der Waals surface area contributed by atoms with Crippen LogP contribution in [0, 0.1) is 5.82 Å². The molecule has 3 rings (SSSR count). The number of rotatable bonds is 3. The van der Waals surface area contributed by atoms with Crippen LogP contribution < -0.4 is 5.73 Å². The second kappa shape index (κ2) is 5.66. The highest BCUT2D eigenvalue weighted by molar-refractivity contribution is 5.88. The molecule has 2 heteroatoms. The van der Waals surface area contributed by atoms with E-state index in [9.17, 15) is 4.39 Å². The maximum atomic E-state index is 14.7. The Kier molecular flexibility index (Phi) is 3.72. The summed E-state index contributed by atoms with van der Waals surface area (Å²) in [4.78, 5) is 0. The highest BCUT2D eigenvalue weighted by Gasteiger charge is 2.09. The number of fused-ring (bicyclic) bond motifs is 1. The average Bonchev–Trinajstić information content (AvgIpc) is 2.55. The van der Waals surface area contributed by atoms with Gasteiger partial charge in [-0.25, -0.2) is 4.39 Å². The minimum absolute atomic E-state index is 0.157. The first-order valence-electron chi connectivity index (χ1n) is 7.23. The van der Waals surface area contributed by atoms with Crippen molar-refractivity contribution in [1.82, 2.24) is 0 Å². The first-order valence-corrected chi connectivity index (χ1v) is 7.23. The van der Waals surface area contributed by atoms with Gasteiger partial charge in [0.05, 0.1) is 0 Å². The first kappa shape index (κ1) is 13.8. The summed E-state index contributed by atoms with van der Waals surface area (Å²) in [6.07, 6.45) is 0.958. The molecule has 0 spiro atoms. The van der Waals surface area contributed by atoms with E-state index in [-0.39, 0.29) is 5.82 Å². The third-order valence-electron chi connectivity index (χ3n) is 3.93. The van der Waals surface area contributed by atoms with Crippen LogP contribution in [0.2, 0.25) is 0 Å². The maximum absolute atomic E-state index is 14.7. The van der Waals surface area contributed by atoms with Gasteiger partial charge in [-0.15, -0.1) is 0 Å². The lowest BCUT2D eigenvalue weighted by molar-refractivity contribution is 0.643. The molecule has 0 unspecified atom stereocenters. The van der Waals surface area contributed by atoms with Crippen molar-refractivity contribution in [3.8, 4) is 11.1 Å². The SMILES string of the molecule is CCc1ccc2c(F)c(-c3ccc(CN)cc3)ccc2c1. The Morgan fingerprint density at radius 2 is 1.62 bits per heavy atom. The number of benzene rings is 3. The predicted molar refractivity (Wildman–Crippen MR) is 86.6 cm³/mol. The molecular formula is C19H18FN. The van der Waals surface area contributed by atoms with Crippen LogP contribution in [-0.2, 0) is 13.0 Å². The summed E-state index contributed by atoms with van der Waals surface area (Å²) in [6.45, 7) is 2.60. The Hall–Kier alpha value is -2.19. The van der Waals surface area contributed by atoms with Crippen molar-refractivity contribution in [1.29, 1.82) is 0 Å². The Morgan fingerprint density at radius 3 is 2.29 bits per heavy atom. The standard InChI is InChI=1S/C19H18FN/c1-2-13-5-9-18-16(11-13)8-10-17(19(18)20)15-6-3-14(12-21)4-7-15/h3-11H,2,12,21H2,1H3. The molecule has 1 nitrogen and oxygen atoms in total. The smallest absolute Gasteiger partial charge is 0.138 e. The summed E-state index contributed by atoms with van der Waals surface area (Å²) in [7, 11) is 0. The second-order valence-electron chi connectivity index (χ2n) is 5.24. The van der Waals surface area contributed by atoms with E-state index in [4.69, 9.17) is 5.73 Å². The lowest BCUT2D eigenvalue weighted by Crippen LogP contribution is -1.95. The zero-order valence-corrected chi connectivity index (χ0v) is 12.1. The molecule has 0 bridgehead atoms. The van der Waals surface area contributed by atoms with Crippen LogP contribution in [0.5, 0.6) is 0 Å². The molecule has 0 atom stereocenters. The molecule has 0 saturated heterocycles.